The second-order valence-electron chi connectivity index (χ2n) is 7.34. The molecule has 0 saturated carbocycles. The zero-order valence-electron chi connectivity index (χ0n) is 15.8. The van der Waals surface area contributed by atoms with Crippen molar-refractivity contribution in [1.82, 2.24) is 9.55 Å². The van der Waals surface area contributed by atoms with E-state index in [1.54, 1.807) is 25.1 Å². The first kappa shape index (κ1) is 19.1. The molecule has 3 heterocycles. The van der Waals surface area contributed by atoms with Crippen molar-refractivity contribution in [2.45, 2.75) is 38.5 Å². The molecule has 5 N–H and O–H groups in total. The predicted octanol–water partition coefficient (Wildman–Crippen LogP) is 1.57. The van der Waals surface area contributed by atoms with Crippen molar-refractivity contribution >= 4 is 22.6 Å². The van der Waals surface area contributed by atoms with Gasteiger partial charge in [-0.25, -0.2) is 4.98 Å². The number of carbonyl (C=O) groups is 1. The van der Waals surface area contributed by atoms with Gasteiger partial charge in [0.1, 0.15) is 5.60 Å². The van der Waals surface area contributed by atoms with Gasteiger partial charge in [0, 0.05) is 22.2 Å². The standard InChI is InChI=1S/C21H21N3O5/c1-2-21(29,8-18(26)27)14-7-17-19-11(9-24(17)20(28)13(14)10-25)6-12-15(22)4-3-5-16(12)23-19/h3-7,25,29H,2,8-10,22H2,1H3,(H,26,27). The number of nitrogens with two attached hydrogens (primary N) is 1. The monoisotopic (exact) mass is 395 g/mol. The fraction of sp³-hybridized carbons (Fsp3) is 0.286. The zero-order valence-corrected chi connectivity index (χ0v) is 15.8. The maximum atomic E-state index is 13.1. The normalized spacial score (nSPS) is 14.4. The third kappa shape index (κ3) is 2.88. The number of rotatable bonds is 5. The van der Waals surface area contributed by atoms with Crippen LogP contribution in [-0.4, -0.2) is 30.8 Å². The summed E-state index contributed by atoms with van der Waals surface area (Å²) in [5.74, 6) is -1.20. The number of carboxylic acids is 1. The quantitative estimate of drug-likeness (QED) is 0.376. The molecule has 4 rings (SSSR count). The molecule has 0 spiro atoms. The molecule has 0 saturated heterocycles. The number of hydrogen-bond acceptors (Lipinski definition) is 6. The van der Waals surface area contributed by atoms with Crippen LogP contribution < -0.4 is 11.3 Å². The molecule has 0 fully saturated rings. The van der Waals surface area contributed by atoms with E-state index in [0.29, 0.717) is 22.6 Å². The van der Waals surface area contributed by atoms with Gasteiger partial charge < -0.3 is 25.6 Å². The summed E-state index contributed by atoms with van der Waals surface area (Å²) < 4.78 is 1.48. The topological polar surface area (TPSA) is 139 Å². The molecule has 0 aliphatic carbocycles. The van der Waals surface area contributed by atoms with Crippen molar-refractivity contribution in [1.29, 1.82) is 0 Å². The van der Waals surface area contributed by atoms with Crippen LogP contribution in [0, 0.1) is 0 Å². The maximum Gasteiger partial charge on any atom is 0.306 e. The molecule has 0 radical (unpaired) electrons. The van der Waals surface area contributed by atoms with E-state index in [4.69, 9.17) is 5.73 Å². The molecule has 8 heteroatoms. The van der Waals surface area contributed by atoms with Crippen molar-refractivity contribution in [3.05, 3.63) is 57.4 Å². The molecule has 1 unspecified atom stereocenters. The van der Waals surface area contributed by atoms with Gasteiger partial charge in [-0.15, -0.1) is 0 Å². The van der Waals surface area contributed by atoms with Crippen molar-refractivity contribution in [3.63, 3.8) is 0 Å². The third-order valence-corrected chi connectivity index (χ3v) is 5.63. The third-order valence-electron chi connectivity index (χ3n) is 5.63. The van der Waals surface area contributed by atoms with E-state index in [-0.39, 0.29) is 24.1 Å². The van der Waals surface area contributed by atoms with Crippen LogP contribution in [0.2, 0.25) is 0 Å². The Morgan fingerprint density at radius 1 is 1.34 bits per heavy atom. The Labute approximate surface area is 165 Å². The number of nitrogen functional groups attached to an aromatic ring is 1. The molecule has 0 bridgehead atoms. The van der Waals surface area contributed by atoms with Crippen LogP contribution in [0.5, 0.6) is 0 Å². The highest BCUT2D eigenvalue weighted by molar-refractivity contribution is 5.93. The van der Waals surface area contributed by atoms with Gasteiger partial charge in [-0.2, -0.15) is 0 Å². The smallest absolute Gasteiger partial charge is 0.306 e. The molecule has 2 aromatic heterocycles. The number of fused-ring (bicyclic) bond motifs is 4. The first-order valence-electron chi connectivity index (χ1n) is 9.29. The van der Waals surface area contributed by atoms with Gasteiger partial charge in [0.05, 0.1) is 36.5 Å². The van der Waals surface area contributed by atoms with E-state index in [9.17, 15) is 24.9 Å². The summed E-state index contributed by atoms with van der Waals surface area (Å²) in [7, 11) is 0. The molecular formula is C21H21N3O5. The Bertz CT molecular complexity index is 1220. The number of aliphatic hydroxyl groups is 2. The number of pyridine rings is 2. The largest absolute Gasteiger partial charge is 0.481 e. The highest BCUT2D eigenvalue weighted by Gasteiger charge is 2.36. The van der Waals surface area contributed by atoms with Gasteiger partial charge >= 0.3 is 5.97 Å². The second kappa shape index (κ2) is 6.68. The molecule has 3 aromatic rings. The minimum atomic E-state index is -1.78. The van der Waals surface area contributed by atoms with Crippen molar-refractivity contribution in [2.75, 3.05) is 5.73 Å². The lowest BCUT2D eigenvalue weighted by Crippen LogP contribution is -2.34. The molecule has 8 nitrogen and oxygen atoms in total. The van der Waals surface area contributed by atoms with E-state index in [1.165, 1.54) is 4.57 Å². The summed E-state index contributed by atoms with van der Waals surface area (Å²) in [4.78, 5) is 29.1. The van der Waals surface area contributed by atoms with Crippen molar-refractivity contribution < 1.29 is 20.1 Å². The van der Waals surface area contributed by atoms with Crippen molar-refractivity contribution in [3.8, 4) is 11.4 Å². The number of aliphatic carboxylic acids is 1. The average molecular weight is 395 g/mol. The lowest BCUT2D eigenvalue weighted by molar-refractivity contribution is -0.143. The number of nitrogens with zero attached hydrogens (tertiary/aromatic N) is 2. The first-order chi connectivity index (χ1) is 13.8. The molecule has 29 heavy (non-hydrogen) atoms. The Morgan fingerprint density at radius 3 is 2.76 bits per heavy atom. The van der Waals surface area contributed by atoms with E-state index >= 15 is 0 Å². The molecule has 1 atom stereocenters. The predicted molar refractivity (Wildman–Crippen MR) is 107 cm³/mol. The Kier molecular flexibility index (Phi) is 4.40. The van der Waals surface area contributed by atoms with Crippen LogP contribution in [0.25, 0.3) is 22.3 Å². The molecule has 0 amide bonds. The van der Waals surface area contributed by atoms with E-state index in [1.807, 2.05) is 12.1 Å². The van der Waals surface area contributed by atoms with Gasteiger partial charge in [0.15, 0.2) is 0 Å². The van der Waals surface area contributed by atoms with Gasteiger partial charge in [-0.05, 0) is 36.2 Å². The lowest BCUT2D eigenvalue weighted by atomic mass is 9.85. The SMILES string of the molecule is CCC(O)(CC(=O)O)c1cc2n(c(=O)c1CO)Cc1cc3c(N)cccc3nc1-2. The number of aromatic nitrogens is 2. The summed E-state index contributed by atoms with van der Waals surface area (Å²) >= 11 is 0. The summed E-state index contributed by atoms with van der Waals surface area (Å²) in [5, 5.41) is 30.9. The van der Waals surface area contributed by atoms with Gasteiger partial charge in [0.25, 0.3) is 5.56 Å². The summed E-state index contributed by atoms with van der Waals surface area (Å²) in [6, 6.07) is 8.86. The molecular weight excluding hydrogens is 374 g/mol. The second-order valence-corrected chi connectivity index (χ2v) is 7.34. The molecule has 1 aliphatic rings. The van der Waals surface area contributed by atoms with E-state index in [0.717, 1.165) is 10.9 Å². The number of anilines is 1. The van der Waals surface area contributed by atoms with Gasteiger partial charge in [-0.1, -0.05) is 13.0 Å². The number of hydrogen-bond donors (Lipinski definition) is 4. The summed E-state index contributed by atoms with van der Waals surface area (Å²) in [6.45, 7) is 1.30. The van der Waals surface area contributed by atoms with Crippen LogP contribution in [0.1, 0.15) is 36.5 Å². The van der Waals surface area contributed by atoms with E-state index in [2.05, 4.69) is 4.98 Å². The average Bonchev–Trinajstić information content (AvgIpc) is 3.04. The minimum Gasteiger partial charge on any atom is -0.481 e. The van der Waals surface area contributed by atoms with Gasteiger partial charge in [-0.3, -0.25) is 9.59 Å². The fourth-order valence-electron chi connectivity index (χ4n) is 4.04. The fourth-order valence-corrected chi connectivity index (χ4v) is 4.04. The number of benzene rings is 1. The number of aliphatic hydroxyl groups excluding tert-OH is 1. The highest BCUT2D eigenvalue weighted by atomic mass is 16.4. The minimum absolute atomic E-state index is 0.00350. The molecule has 1 aliphatic heterocycles. The summed E-state index contributed by atoms with van der Waals surface area (Å²) in [5.41, 5.74) is 7.05. The number of carboxylic acid groups (broad SMARTS) is 1. The Hall–Kier alpha value is -3.23. The van der Waals surface area contributed by atoms with Crippen LogP contribution >= 0.6 is 0 Å². The van der Waals surface area contributed by atoms with Crippen LogP contribution in [0.3, 0.4) is 0 Å². The van der Waals surface area contributed by atoms with E-state index < -0.39 is 30.2 Å². The van der Waals surface area contributed by atoms with Crippen LogP contribution in [0.4, 0.5) is 5.69 Å². The first-order valence-corrected chi connectivity index (χ1v) is 9.29. The van der Waals surface area contributed by atoms with Gasteiger partial charge in [0.2, 0.25) is 0 Å². The van der Waals surface area contributed by atoms with Crippen molar-refractivity contribution in [2.24, 2.45) is 0 Å². The van der Waals surface area contributed by atoms with Crippen LogP contribution in [-0.2, 0) is 23.5 Å². The zero-order chi connectivity index (χ0) is 20.9. The highest BCUT2D eigenvalue weighted by Crippen LogP contribution is 2.37. The Morgan fingerprint density at radius 2 is 2.10 bits per heavy atom. The Balaban J connectivity index is 1.99. The maximum absolute atomic E-state index is 13.1. The molecule has 1 aromatic carbocycles. The summed E-state index contributed by atoms with van der Waals surface area (Å²) in [6.07, 6.45) is -0.502. The van der Waals surface area contributed by atoms with Crippen LogP contribution in [0.15, 0.2) is 35.1 Å². The molecule has 150 valence electrons. The lowest BCUT2D eigenvalue weighted by Gasteiger charge is -2.28.